The summed E-state index contributed by atoms with van der Waals surface area (Å²) in [6.07, 6.45) is 3.57. The maximum atomic E-state index is 3.87. The zero-order chi connectivity index (χ0) is 9.10. The zero-order valence-corrected chi connectivity index (χ0v) is 7.85. The molecule has 2 rings (SSSR count). The summed E-state index contributed by atoms with van der Waals surface area (Å²) in [5, 5.41) is 7.64. The van der Waals surface area contributed by atoms with Gasteiger partial charge in [0.2, 0.25) is 0 Å². The van der Waals surface area contributed by atoms with Gasteiger partial charge >= 0.3 is 0 Å². The van der Waals surface area contributed by atoms with Crippen LogP contribution in [0.15, 0.2) is 18.5 Å². The molecule has 0 bridgehead atoms. The van der Waals surface area contributed by atoms with Crippen molar-refractivity contribution in [3.63, 3.8) is 0 Å². The Balaban J connectivity index is 2.03. The Morgan fingerprint density at radius 2 is 1.92 bits per heavy atom. The molecule has 0 atom stereocenters. The fraction of sp³-hybridized carbons (Fsp3) is 0.556. The lowest BCUT2D eigenvalue weighted by molar-refractivity contribution is 0.312. The molecular formula is C9H14N4. The van der Waals surface area contributed by atoms with Crippen molar-refractivity contribution in [2.24, 2.45) is 0 Å². The van der Waals surface area contributed by atoms with E-state index in [2.05, 4.69) is 27.0 Å². The third kappa shape index (κ3) is 1.95. The Bertz CT molecular complexity index is 254. The molecule has 0 radical (unpaired) electrons. The number of anilines is 1. The Labute approximate surface area is 78.2 Å². The minimum atomic E-state index is 1.09. The lowest BCUT2D eigenvalue weighted by atomic mass is 10.3. The number of likely N-dealkylation sites (N-methyl/N-ethyl adjacent to an activating group) is 1. The largest absolute Gasteiger partial charge is 0.368 e. The quantitative estimate of drug-likeness (QED) is 0.616. The Morgan fingerprint density at radius 1 is 1.15 bits per heavy atom. The van der Waals surface area contributed by atoms with Crippen LogP contribution in [0.1, 0.15) is 0 Å². The number of aromatic nitrogens is 2. The predicted molar refractivity (Wildman–Crippen MR) is 51.7 cm³/mol. The minimum absolute atomic E-state index is 1.09. The molecule has 2 heterocycles. The Kier molecular flexibility index (Phi) is 2.40. The first-order chi connectivity index (χ1) is 6.36. The number of piperazine rings is 1. The van der Waals surface area contributed by atoms with Crippen LogP contribution in [0.5, 0.6) is 0 Å². The first-order valence-electron chi connectivity index (χ1n) is 4.56. The van der Waals surface area contributed by atoms with E-state index >= 15 is 0 Å². The van der Waals surface area contributed by atoms with Crippen LogP contribution >= 0.6 is 0 Å². The number of hydrogen-bond donors (Lipinski definition) is 0. The van der Waals surface area contributed by atoms with Crippen molar-refractivity contribution in [2.75, 3.05) is 38.1 Å². The fourth-order valence-corrected chi connectivity index (χ4v) is 1.54. The van der Waals surface area contributed by atoms with Gasteiger partial charge in [-0.05, 0) is 13.1 Å². The zero-order valence-electron chi connectivity index (χ0n) is 7.85. The van der Waals surface area contributed by atoms with Crippen molar-refractivity contribution in [2.45, 2.75) is 0 Å². The lowest BCUT2D eigenvalue weighted by Gasteiger charge is -2.33. The van der Waals surface area contributed by atoms with Gasteiger partial charge < -0.3 is 9.80 Å². The topological polar surface area (TPSA) is 32.3 Å². The third-order valence-corrected chi connectivity index (χ3v) is 2.44. The molecule has 0 N–H and O–H groups in total. The maximum absolute atomic E-state index is 3.87. The van der Waals surface area contributed by atoms with Gasteiger partial charge in [-0.2, -0.15) is 10.2 Å². The second kappa shape index (κ2) is 3.70. The maximum Gasteiger partial charge on any atom is 0.0729 e. The average Bonchev–Trinajstić information content (AvgIpc) is 2.20. The Morgan fingerprint density at radius 3 is 2.54 bits per heavy atom. The first-order valence-corrected chi connectivity index (χ1v) is 4.56. The highest BCUT2D eigenvalue weighted by Gasteiger charge is 2.13. The van der Waals surface area contributed by atoms with Gasteiger partial charge in [-0.15, -0.1) is 0 Å². The van der Waals surface area contributed by atoms with Crippen molar-refractivity contribution in [1.82, 2.24) is 15.1 Å². The monoisotopic (exact) mass is 178 g/mol. The van der Waals surface area contributed by atoms with E-state index in [1.807, 2.05) is 12.3 Å². The second-order valence-corrected chi connectivity index (χ2v) is 3.39. The summed E-state index contributed by atoms with van der Waals surface area (Å²) in [4.78, 5) is 4.68. The van der Waals surface area contributed by atoms with Crippen LogP contribution in [0.2, 0.25) is 0 Å². The van der Waals surface area contributed by atoms with Gasteiger partial charge in [0.25, 0.3) is 0 Å². The molecule has 1 aliphatic rings. The van der Waals surface area contributed by atoms with E-state index in [0.717, 1.165) is 26.2 Å². The average molecular weight is 178 g/mol. The van der Waals surface area contributed by atoms with Gasteiger partial charge in [-0.1, -0.05) is 0 Å². The van der Waals surface area contributed by atoms with Gasteiger partial charge in [0.1, 0.15) is 0 Å². The van der Waals surface area contributed by atoms with Gasteiger partial charge in [0.15, 0.2) is 0 Å². The highest BCUT2D eigenvalue weighted by Crippen LogP contribution is 2.12. The van der Waals surface area contributed by atoms with Crippen LogP contribution in [0, 0.1) is 0 Å². The molecule has 1 fully saturated rings. The van der Waals surface area contributed by atoms with Gasteiger partial charge in [-0.3, -0.25) is 0 Å². The second-order valence-electron chi connectivity index (χ2n) is 3.39. The molecule has 1 aromatic heterocycles. The van der Waals surface area contributed by atoms with E-state index in [9.17, 15) is 0 Å². The summed E-state index contributed by atoms with van der Waals surface area (Å²) in [6.45, 7) is 4.43. The molecular weight excluding hydrogens is 164 g/mol. The van der Waals surface area contributed by atoms with Crippen molar-refractivity contribution < 1.29 is 0 Å². The van der Waals surface area contributed by atoms with E-state index in [0.29, 0.717) is 0 Å². The van der Waals surface area contributed by atoms with Crippen molar-refractivity contribution in [1.29, 1.82) is 0 Å². The normalized spacial score (nSPS) is 19.0. The van der Waals surface area contributed by atoms with Crippen LogP contribution in [0.25, 0.3) is 0 Å². The van der Waals surface area contributed by atoms with E-state index in [4.69, 9.17) is 0 Å². The highest BCUT2D eigenvalue weighted by molar-refractivity contribution is 5.43. The summed E-state index contributed by atoms with van der Waals surface area (Å²) in [5.74, 6) is 0. The summed E-state index contributed by atoms with van der Waals surface area (Å²) in [6, 6.07) is 2.01. The molecule has 13 heavy (non-hydrogen) atoms. The molecule has 4 heteroatoms. The van der Waals surface area contributed by atoms with Crippen LogP contribution in [-0.4, -0.2) is 48.3 Å². The molecule has 1 aromatic rings. The summed E-state index contributed by atoms with van der Waals surface area (Å²) < 4.78 is 0. The smallest absolute Gasteiger partial charge is 0.0729 e. The van der Waals surface area contributed by atoms with Gasteiger partial charge in [-0.25, -0.2) is 0 Å². The first kappa shape index (κ1) is 8.44. The SMILES string of the molecule is CN1CCN(c2ccnnc2)CC1. The molecule has 1 saturated heterocycles. The molecule has 0 saturated carbocycles. The van der Waals surface area contributed by atoms with Crippen molar-refractivity contribution in [3.8, 4) is 0 Å². The summed E-state index contributed by atoms with van der Waals surface area (Å²) >= 11 is 0. The highest BCUT2D eigenvalue weighted by atomic mass is 15.3. The standard InChI is InChI=1S/C9H14N4/c1-12-4-6-13(7-5-12)9-2-3-10-11-8-9/h2-3,8H,4-7H2,1H3. The van der Waals surface area contributed by atoms with Crippen LogP contribution in [-0.2, 0) is 0 Å². The fourth-order valence-electron chi connectivity index (χ4n) is 1.54. The molecule has 0 spiro atoms. The lowest BCUT2D eigenvalue weighted by Crippen LogP contribution is -2.44. The Hall–Kier alpha value is -1.16. The van der Waals surface area contributed by atoms with Crippen molar-refractivity contribution >= 4 is 5.69 Å². The molecule has 1 aliphatic heterocycles. The minimum Gasteiger partial charge on any atom is -0.368 e. The van der Waals surface area contributed by atoms with Crippen LogP contribution in [0.3, 0.4) is 0 Å². The van der Waals surface area contributed by atoms with Crippen LogP contribution < -0.4 is 4.90 Å². The molecule has 0 aromatic carbocycles. The van der Waals surface area contributed by atoms with E-state index in [-0.39, 0.29) is 0 Å². The van der Waals surface area contributed by atoms with Gasteiger partial charge in [0, 0.05) is 26.2 Å². The molecule has 0 amide bonds. The summed E-state index contributed by atoms with van der Waals surface area (Å²) in [7, 11) is 2.15. The summed E-state index contributed by atoms with van der Waals surface area (Å²) in [5.41, 5.74) is 1.18. The van der Waals surface area contributed by atoms with E-state index in [1.165, 1.54) is 5.69 Å². The number of nitrogens with zero attached hydrogens (tertiary/aromatic N) is 4. The number of rotatable bonds is 1. The third-order valence-electron chi connectivity index (χ3n) is 2.44. The molecule has 4 nitrogen and oxygen atoms in total. The molecule has 0 unspecified atom stereocenters. The van der Waals surface area contributed by atoms with E-state index < -0.39 is 0 Å². The number of hydrogen-bond acceptors (Lipinski definition) is 4. The molecule has 0 aliphatic carbocycles. The van der Waals surface area contributed by atoms with E-state index in [1.54, 1.807) is 6.20 Å². The van der Waals surface area contributed by atoms with Crippen molar-refractivity contribution in [3.05, 3.63) is 18.5 Å². The predicted octanol–water partition coefficient (Wildman–Crippen LogP) is 0.228. The van der Waals surface area contributed by atoms with Crippen LogP contribution in [0.4, 0.5) is 5.69 Å². The molecule has 70 valence electrons. The van der Waals surface area contributed by atoms with Gasteiger partial charge in [0.05, 0.1) is 18.1 Å².